The average Bonchev–Trinajstić information content (AvgIpc) is 2.97. The first-order chi connectivity index (χ1) is 9.61. The molecule has 7 nitrogen and oxygen atoms in total. The molecule has 2 rings (SSSR count). The molecule has 1 aromatic rings. The van der Waals surface area contributed by atoms with Gasteiger partial charge in [-0.3, -0.25) is 14.9 Å². The summed E-state index contributed by atoms with van der Waals surface area (Å²) >= 11 is 0. The molecular weight excluding hydrogens is 262 g/mol. The Hall–Kier alpha value is -2.15. The second-order valence-electron chi connectivity index (χ2n) is 4.69. The quantitative estimate of drug-likeness (QED) is 0.618. The zero-order valence-corrected chi connectivity index (χ0v) is 11.2. The molecule has 0 radical (unpaired) electrons. The van der Waals surface area contributed by atoms with Crippen molar-refractivity contribution in [1.29, 1.82) is 0 Å². The fourth-order valence-corrected chi connectivity index (χ4v) is 2.13. The van der Waals surface area contributed by atoms with E-state index in [0.717, 1.165) is 19.5 Å². The van der Waals surface area contributed by atoms with E-state index in [9.17, 15) is 14.9 Å². The Morgan fingerprint density at radius 1 is 1.60 bits per heavy atom. The lowest BCUT2D eigenvalue weighted by molar-refractivity contribution is -0.385. The van der Waals surface area contributed by atoms with Crippen LogP contribution >= 0.6 is 0 Å². The summed E-state index contributed by atoms with van der Waals surface area (Å²) < 4.78 is 5.54. The van der Waals surface area contributed by atoms with Crippen LogP contribution in [0.4, 0.5) is 5.69 Å². The largest absolute Gasteiger partial charge is 0.486 e. The molecule has 2 N–H and O–H groups in total. The summed E-state index contributed by atoms with van der Waals surface area (Å²) in [5.74, 6) is 0.211. The van der Waals surface area contributed by atoms with E-state index in [0.29, 0.717) is 12.5 Å². The molecule has 1 aliphatic heterocycles. The van der Waals surface area contributed by atoms with Crippen molar-refractivity contribution < 1.29 is 14.5 Å². The molecule has 108 valence electrons. The maximum Gasteiger partial charge on any atom is 0.311 e. The average molecular weight is 279 g/mol. The third kappa shape index (κ3) is 3.24. The van der Waals surface area contributed by atoms with Crippen LogP contribution in [0.5, 0.6) is 5.75 Å². The number of ether oxygens (including phenoxy) is 1. The third-order valence-corrected chi connectivity index (χ3v) is 3.28. The number of carbonyl (C=O) groups excluding carboxylic acids is 1. The molecule has 0 saturated carbocycles. The van der Waals surface area contributed by atoms with Gasteiger partial charge in [-0.05, 0) is 25.1 Å². The van der Waals surface area contributed by atoms with E-state index in [2.05, 4.69) is 10.6 Å². The second kappa shape index (κ2) is 6.33. The van der Waals surface area contributed by atoms with Crippen molar-refractivity contribution >= 4 is 11.6 Å². The van der Waals surface area contributed by atoms with Crippen LogP contribution in [0.2, 0.25) is 0 Å². The van der Waals surface area contributed by atoms with Crippen LogP contribution in [0.1, 0.15) is 16.8 Å². The summed E-state index contributed by atoms with van der Waals surface area (Å²) in [5, 5.41) is 16.7. The van der Waals surface area contributed by atoms with E-state index >= 15 is 0 Å². The van der Waals surface area contributed by atoms with Gasteiger partial charge in [-0.2, -0.15) is 0 Å². The van der Waals surface area contributed by atoms with Crippen LogP contribution in [0.25, 0.3) is 0 Å². The predicted molar refractivity (Wildman–Crippen MR) is 73.0 cm³/mol. The molecule has 1 atom stereocenters. The molecule has 1 aromatic carbocycles. The van der Waals surface area contributed by atoms with Gasteiger partial charge in [0.05, 0.1) is 11.5 Å². The van der Waals surface area contributed by atoms with Crippen molar-refractivity contribution in [2.45, 2.75) is 6.42 Å². The van der Waals surface area contributed by atoms with Crippen LogP contribution < -0.4 is 15.4 Å². The van der Waals surface area contributed by atoms with E-state index in [1.807, 2.05) is 0 Å². The number of nitro benzene ring substituents is 1. The van der Waals surface area contributed by atoms with Gasteiger partial charge in [0, 0.05) is 31.1 Å². The molecule has 1 saturated heterocycles. The number of amides is 1. The lowest BCUT2D eigenvalue weighted by Gasteiger charge is -2.11. The predicted octanol–water partition coefficient (Wildman–Crippen LogP) is 0.943. The molecule has 1 heterocycles. The Balaban J connectivity index is 2.14. The Bertz CT molecular complexity index is 512. The first-order valence-electron chi connectivity index (χ1n) is 6.46. The molecule has 7 heteroatoms. The Morgan fingerprint density at radius 2 is 2.40 bits per heavy atom. The molecule has 1 unspecified atom stereocenters. The topological polar surface area (TPSA) is 93.5 Å². The minimum Gasteiger partial charge on any atom is -0.486 e. The van der Waals surface area contributed by atoms with Gasteiger partial charge in [0.25, 0.3) is 5.91 Å². The molecule has 1 amide bonds. The molecular formula is C13H17N3O4. The Kier molecular flexibility index (Phi) is 4.52. The number of nitro groups is 1. The minimum atomic E-state index is -0.533. The number of carbonyl (C=O) groups is 1. The summed E-state index contributed by atoms with van der Waals surface area (Å²) in [4.78, 5) is 22.0. The van der Waals surface area contributed by atoms with Gasteiger partial charge in [-0.1, -0.05) is 0 Å². The highest BCUT2D eigenvalue weighted by atomic mass is 16.6. The van der Waals surface area contributed by atoms with Crippen molar-refractivity contribution in [3.63, 3.8) is 0 Å². The Labute approximate surface area is 116 Å². The van der Waals surface area contributed by atoms with Gasteiger partial charge in [0.1, 0.15) is 0 Å². The standard InChI is InChI=1S/C13H17N3O4/c1-14-13(17)10-2-3-12(11(6-10)16(18)19)20-8-9-4-5-15-7-9/h2-3,6,9,15H,4-5,7-8H2,1H3,(H,14,17). The SMILES string of the molecule is CNC(=O)c1ccc(OCC2CCNC2)c([N+](=O)[O-])c1. The van der Waals surface area contributed by atoms with Crippen LogP contribution in [-0.2, 0) is 0 Å². The zero-order chi connectivity index (χ0) is 14.5. The number of hydrogen-bond donors (Lipinski definition) is 2. The van der Waals surface area contributed by atoms with Crippen LogP contribution in [-0.4, -0.2) is 37.6 Å². The highest BCUT2D eigenvalue weighted by molar-refractivity contribution is 5.94. The van der Waals surface area contributed by atoms with Crippen LogP contribution in [0.3, 0.4) is 0 Å². The molecule has 1 aliphatic rings. The van der Waals surface area contributed by atoms with E-state index in [1.165, 1.54) is 25.2 Å². The van der Waals surface area contributed by atoms with Gasteiger partial charge >= 0.3 is 5.69 Å². The van der Waals surface area contributed by atoms with Crippen molar-refractivity contribution in [2.24, 2.45) is 5.92 Å². The fourth-order valence-electron chi connectivity index (χ4n) is 2.13. The number of nitrogens with zero attached hydrogens (tertiary/aromatic N) is 1. The van der Waals surface area contributed by atoms with Crippen molar-refractivity contribution in [3.05, 3.63) is 33.9 Å². The maximum absolute atomic E-state index is 11.5. The van der Waals surface area contributed by atoms with E-state index in [1.54, 1.807) is 0 Å². The monoisotopic (exact) mass is 279 g/mol. The van der Waals surface area contributed by atoms with Gasteiger partial charge in [0.15, 0.2) is 5.75 Å². The van der Waals surface area contributed by atoms with E-state index < -0.39 is 4.92 Å². The molecule has 20 heavy (non-hydrogen) atoms. The van der Waals surface area contributed by atoms with Crippen LogP contribution in [0, 0.1) is 16.0 Å². The lowest BCUT2D eigenvalue weighted by atomic mass is 10.1. The number of nitrogens with one attached hydrogen (secondary N) is 2. The number of rotatable bonds is 5. The minimum absolute atomic E-state index is 0.183. The second-order valence-corrected chi connectivity index (χ2v) is 4.69. The molecule has 1 fully saturated rings. The summed E-state index contributed by atoms with van der Waals surface area (Å²) in [6.07, 6.45) is 1.00. The van der Waals surface area contributed by atoms with Crippen molar-refractivity contribution in [3.8, 4) is 5.75 Å². The highest BCUT2D eigenvalue weighted by Gasteiger charge is 2.21. The zero-order valence-electron chi connectivity index (χ0n) is 11.2. The molecule has 0 bridgehead atoms. The first kappa shape index (κ1) is 14.3. The van der Waals surface area contributed by atoms with Gasteiger partial charge < -0.3 is 15.4 Å². The maximum atomic E-state index is 11.5. The van der Waals surface area contributed by atoms with E-state index in [-0.39, 0.29) is 22.9 Å². The molecule has 0 spiro atoms. The first-order valence-corrected chi connectivity index (χ1v) is 6.46. The van der Waals surface area contributed by atoms with E-state index in [4.69, 9.17) is 4.74 Å². The summed E-state index contributed by atoms with van der Waals surface area (Å²) in [7, 11) is 1.48. The summed E-state index contributed by atoms with van der Waals surface area (Å²) in [5.41, 5.74) is 0.0612. The highest BCUT2D eigenvalue weighted by Crippen LogP contribution is 2.28. The smallest absolute Gasteiger partial charge is 0.311 e. The number of hydrogen-bond acceptors (Lipinski definition) is 5. The van der Waals surface area contributed by atoms with Gasteiger partial charge in [-0.15, -0.1) is 0 Å². The van der Waals surface area contributed by atoms with Crippen LogP contribution in [0.15, 0.2) is 18.2 Å². The molecule has 0 aromatic heterocycles. The van der Waals surface area contributed by atoms with Gasteiger partial charge in [0.2, 0.25) is 0 Å². The van der Waals surface area contributed by atoms with Crippen molar-refractivity contribution in [2.75, 3.05) is 26.7 Å². The normalized spacial score (nSPS) is 17.8. The fraction of sp³-hybridized carbons (Fsp3) is 0.462. The summed E-state index contributed by atoms with van der Waals surface area (Å²) in [6, 6.07) is 4.24. The van der Waals surface area contributed by atoms with Gasteiger partial charge in [-0.25, -0.2) is 0 Å². The third-order valence-electron chi connectivity index (χ3n) is 3.28. The van der Waals surface area contributed by atoms with Crippen molar-refractivity contribution in [1.82, 2.24) is 10.6 Å². The lowest BCUT2D eigenvalue weighted by Crippen LogP contribution is -2.18. The summed E-state index contributed by atoms with van der Waals surface area (Å²) in [6.45, 7) is 2.25. The Morgan fingerprint density at radius 3 is 3.00 bits per heavy atom. The number of benzene rings is 1. The molecule has 0 aliphatic carbocycles.